The number of H-pyrrole nitrogens is 1. The fourth-order valence-corrected chi connectivity index (χ4v) is 1.60. The van der Waals surface area contributed by atoms with Crippen LogP contribution >= 0.6 is 0 Å². The Balaban J connectivity index is 2.27. The summed E-state index contributed by atoms with van der Waals surface area (Å²) in [7, 11) is 1.44. The van der Waals surface area contributed by atoms with Crippen molar-refractivity contribution in [3.63, 3.8) is 0 Å². The van der Waals surface area contributed by atoms with Crippen molar-refractivity contribution in [3.8, 4) is 0 Å². The molecule has 0 aliphatic heterocycles. The van der Waals surface area contributed by atoms with Gasteiger partial charge in [-0.2, -0.15) is 5.21 Å². The lowest BCUT2D eigenvalue weighted by Crippen LogP contribution is -2.24. The zero-order valence-electron chi connectivity index (χ0n) is 10.8. The van der Waals surface area contributed by atoms with Gasteiger partial charge in [-0.05, 0) is 6.07 Å². The minimum absolute atomic E-state index is 0.0229. The summed E-state index contributed by atoms with van der Waals surface area (Å²) in [5.41, 5.74) is -0.920. The van der Waals surface area contributed by atoms with E-state index in [1.807, 2.05) is 0 Å². The zero-order chi connectivity index (χ0) is 15.4. The number of rotatable bonds is 5. The number of nitro groups is 1. The SMILES string of the molecule is CNc1cc(C(=O)NCc2nn[nH]n2)c([N+](=O)[O-])cc1F. The zero-order valence-corrected chi connectivity index (χ0v) is 10.8. The molecule has 1 aromatic heterocycles. The van der Waals surface area contributed by atoms with E-state index in [1.165, 1.54) is 7.05 Å². The number of nitrogens with zero attached hydrogens (tertiary/aromatic N) is 4. The van der Waals surface area contributed by atoms with Gasteiger partial charge in [0.2, 0.25) is 0 Å². The number of amides is 1. The molecule has 0 fully saturated rings. The molecular formula is C10H10FN7O3. The Morgan fingerprint density at radius 1 is 1.52 bits per heavy atom. The van der Waals surface area contributed by atoms with Gasteiger partial charge in [0.25, 0.3) is 11.6 Å². The predicted molar refractivity (Wildman–Crippen MR) is 67.9 cm³/mol. The highest BCUT2D eigenvalue weighted by atomic mass is 19.1. The molecule has 2 rings (SSSR count). The lowest BCUT2D eigenvalue weighted by Gasteiger charge is -2.07. The molecule has 0 saturated heterocycles. The van der Waals surface area contributed by atoms with E-state index < -0.39 is 22.3 Å². The Morgan fingerprint density at radius 3 is 2.86 bits per heavy atom. The van der Waals surface area contributed by atoms with Crippen molar-refractivity contribution >= 4 is 17.3 Å². The molecule has 0 atom stereocenters. The Bertz CT molecular complexity index is 674. The van der Waals surface area contributed by atoms with Crippen LogP contribution in [-0.2, 0) is 6.54 Å². The maximum absolute atomic E-state index is 13.5. The van der Waals surface area contributed by atoms with Gasteiger partial charge in [-0.25, -0.2) is 4.39 Å². The molecular weight excluding hydrogens is 285 g/mol. The fourth-order valence-electron chi connectivity index (χ4n) is 1.60. The van der Waals surface area contributed by atoms with Crippen molar-refractivity contribution in [1.29, 1.82) is 0 Å². The minimum Gasteiger partial charge on any atom is -0.386 e. The number of benzene rings is 1. The van der Waals surface area contributed by atoms with Gasteiger partial charge in [-0.1, -0.05) is 5.21 Å². The first-order valence-electron chi connectivity index (χ1n) is 5.69. The van der Waals surface area contributed by atoms with E-state index in [1.54, 1.807) is 0 Å². The summed E-state index contributed by atoms with van der Waals surface area (Å²) in [5, 5.41) is 28.5. The van der Waals surface area contributed by atoms with Crippen molar-refractivity contribution in [3.05, 3.63) is 39.5 Å². The van der Waals surface area contributed by atoms with Crippen LogP contribution in [0.2, 0.25) is 0 Å². The van der Waals surface area contributed by atoms with Gasteiger partial charge in [0.1, 0.15) is 5.56 Å². The second-order valence-electron chi connectivity index (χ2n) is 3.87. The molecule has 0 radical (unpaired) electrons. The molecule has 0 saturated carbocycles. The quantitative estimate of drug-likeness (QED) is 0.529. The molecule has 2 aromatic rings. The third-order valence-corrected chi connectivity index (χ3v) is 2.59. The molecule has 1 heterocycles. The van der Waals surface area contributed by atoms with Gasteiger partial charge in [0, 0.05) is 7.05 Å². The maximum atomic E-state index is 13.5. The second-order valence-corrected chi connectivity index (χ2v) is 3.87. The topological polar surface area (TPSA) is 139 Å². The summed E-state index contributed by atoms with van der Waals surface area (Å²) < 4.78 is 13.5. The first-order chi connectivity index (χ1) is 10.0. The van der Waals surface area contributed by atoms with Crippen molar-refractivity contribution < 1.29 is 14.1 Å². The van der Waals surface area contributed by atoms with Crippen LogP contribution in [0.25, 0.3) is 0 Å². The number of halogens is 1. The molecule has 1 amide bonds. The number of tetrazole rings is 1. The number of aromatic amines is 1. The van der Waals surface area contributed by atoms with E-state index in [2.05, 4.69) is 31.3 Å². The van der Waals surface area contributed by atoms with E-state index >= 15 is 0 Å². The number of nitrogens with one attached hydrogen (secondary N) is 3. The molecule has 10 nitrogen and oxygen atoms in total. The van der Waals surface area contributed by atoms with Gasteiger partial charge in [-0.3, -0.25) is 14.9 Å². The smallest absolute Gasteiger partial charge is 0.285 e. The van der Waals surface area contributed by atoms with Gasteiger partial charge < -0.3 is 10.6 Å². The number of aromatic nitrogens is 4. The largest absolute Gasteiger partial charge is 0.386 e. The molecule has 11 heteroatoms. The summed E-state index contributed by atoms with van der Waals surface area (Å²) in [6, 6.07) is 1.76. The predicted octanol–water partition coefficient (Wildman–Crippen LogP) is 0.219. The summed E-state index contributed by atoms with van der Waals surface area (Å²) in [5.74, 6) is -1.36. The van der Waals surface area contributed by atoms with Crippen LogP contribution in [0.15, 0.2) is 12.1 Å². The first-order valence-corrected chi connectivity index (χ1v) is 5.69. The van der Waals surface area contributed by atoms with Crippen LogP contribution in [0.1, 0.15) is 16.2 Å². The van der Waals surface area contributed by atoms with Gasteiger partial charge in [-0.15, -0.1) is 10.2 Å². The average molecular weight is 295 g/mol. The Labute approximate surface area is 116 Å². The first kappa shape index (κ1) is 14.3. The molecule has 21 heavy (non-hydrogen) atoms. The fraction of sp³-hybridized carbons (Fsp3) is 0.200. The lowest BCUT2D eigenvalue weighted by molar-refractivity contribution is -0.385. The van der Waals surface area contributed by atoms with E-state index in [9.17, 15) is 19.3 Å². The molecule has 0 spiro atoms. The number of anilines is 1. The monoisotopic (exact) mass is 295 g/mol. The van der Waals surface area contributed by atoms with Gasteiger partial charge in [0.05, 0.1) is 23.2 Å². The van der Waals surface area contributed by atoms with Crippen LogP contribution in [0.3, 0.4) is 0 Å². The molecule has 0 unspecified atom stereocenters. The van der Waals surface area contributed by atoms with Crippen LogP contribution in [-0.4, -0.2) is 38.5 Å². The van der Waals surface area contributed by atoms with Crippen LogP contribution in [0.4, 0.5) is 15.8 Å². The summed E-state index contributed by atoms with van der Waals surface area (Å²) >= 11 is 0. The van der Waals surface area contributed by atoms with Crippen LogP contribution < -0.4 is 10.6 Å². The normalized spacial score (nSPS) is 10.2. The third kappa shape index (κ3) is 3.08. The van der Waals surface area contributed by atoms with E-state index in [0.29, 0.717) is 6.07 Å². The van der Waals surface area contributed by atoms with E-state index in [4.69, 9.17) is 0 Å². The van der Waals surface area contributed by atoms with Crippen molar-refractivity contribution in [1.82, 2.24) is 25.9 Å². The Morgan fingerprint density at radius 2 is 2.29 bits per heavy atom. The third-order valence-electron chi connectivity index (χ3n) is 2.59. The molecule has 0 bridgehead atoms. The lowest BCUT2D eigenvalue weighted by atomic mass is 10.1. The summed E-state index contributed by atoms with van der Waals surface area (Å²) in [6.07, 6.45) is 0. The minimum atomic E-state index is -0.828. The standard InChI is InChI=1S/C10H10FN7O3/c1-12-7-2-5(8(18(20)21)3-6(7)11)10(19)13-4-9-14-16-17-15-9/h2-3,12H,4H2,1H3,(H,13,19)(H,14,15,16,17). The summed E-state index contributed by atoms with van der Waals surface area (Å²) in [4.78, 5) is 22.1. The van der Waals surface area contributed by atoms with E-state index in [0.717, 1.165) is 6.07 Å². The number of nitro benzene ring substituents is 1. The molecule has 0 aliphatic carbocycles. The number of carbonyl (C=O) groups is 1. The summed E-state index contributed by atoms with van der Waals surface area (Å²) in [6.45, 7) is -0.0707. The van der Waals surface area contributed by atoms with Crippen LogP contribution in [0.5, 0.6) is 0 Å². The van der Waals surface area contributed by atoms with Crippen LogP contribution in [0, 0.1) is 15.9 Å². The van der Waals surface area contributed by atoms with Crippen molar-refractivity contribution in [2.75, 3.05) is 12.4 Å². The molecule has 0 aliphatic rings. The average Bonchev–Trinajstić information content (AvgIpc) is 2.97. The highest BCUT2D eigenvalue weighted by molar-refractivity contribution is 5.99. The number of hydrogen-bond acceptors (Lipinski definition) is 7. The van der Waals surface area contributed by atoms with Gasteiger partial charge in [0.15, 0.2) is 11.6 Å². The van der Waals surface area contributed by atoms with Gasteiger partial charge >= 0.3 is 0 Å². The molecule has 110 valence electrons. The maximum Gasteiger partial charge on any atom is 0.285 e. The van der Waals surface area contributed by atoms with Crippen molar-refractivity contribution in [2.45, 2.75) is 6.54 Å². The number of hydrogen-bond donors (Lipinski definition) is 3. The Kier molecular flexibility index (Phi) is 4.02. The molecule has 3 N–H and O–H groups in total. The Hall–Kier alpha value is -3.11. The number of carbonyl (C=O) groups excluding carboxylic acids is 1. The highest BCUT2D eigenvalue weighted by Gasteiger charge is 2.23. The molecule has 1 aromatic carbocycles. The van der Waals surface area contributed by atoms with E-state index in [-0.39, 0.29) is 23.6 Å². The van der Waals surface area contributed by atoms with Crippen molar-refractivity contribution in [2.24, 2.45) is 0 Å². The second kappa shape index (κ2) is 5.90. The highest BCUT2D eigenvalue weighted by Crippen LogP contribution is 2.25.